The van der Waals surface area contributed by atoms with E-state index in [4.69, 9.17) is 5.26 Å². The van der Waals surface area contributed by atoms with Gasteiger partial charge in [-0.2, -0.15) is 5.26 Å². The number of nitrogens with one attached hydrogen (secondary N) is 1. The molecule has 92 valence electrons. The first-order chi connectivity index (χ1) is 7.84. The van der Waals surface area contributed by atoms with Gasteiger partial charge in [0.15, 0.2) is 0 Å². The fourth-order valence-corrected chi connectivity index (χ4v) is 2.00. The summed E-state index contributed by atoms with van der Waals surface area (Å²) in [6, 6.07) is 4.28. The number of halogens is 3. The molecule has 8 heteroatoms. The molecule has 0 aliphatic rings. The molecular weight excluding hydrogens is 257 g/mol. The van der Waals surface area contributed by atoms with Gasteiger partial charge in [-0.05, 0) is 18.2 Å². The predicted octanol–water partition coefficient (Wildman–Crippen LogP) is 1.70. The van der Waals surface area contributed by atoms with Gasteiger partial charge in [-0.15, -0.1) is 0 Å². The van der Waals surface area contributed by atoms with Crippen LogP contribution in [0.1, 0.15) is 5.56 Å². The lowest BCUT2D eigenvalue weighted by atomic mass is 10.2. The summed E-state index contributed by atoms with van der Waals surface area (Å²) in [6.45, 7) is 0. The zero-order valence-electron chi connectivity index (χ0n) is 8.32. The second-order valence-electron chi connectivity index (χ2n) is 3.08. The second kappa shape index (κ2) is 5.05. The molecule has 0 amide bonds. The smallest absolute Gasteiger partial charge is 0.254 e. The third kappa shape index (κ3) is 3.96. The lowest BCUT2D eigenvalue weighted by molar-refractivity contribution is 0.174. The van der Waals surface area contributed by atoms with Crippen LogP contribution in [-0.2, 0) is 10.0 Å². The highest BCUT2D eigenvalue weighted by atomic mass is 32.2. The molecule has 1 aromatic carbocycles. The summed E-state index contributed by atoms with van der Waals surface area (Å²) in [6.07, 6.45) is -3.03. The number of alkyl halides is 2. The van der Waals surface area contributed by atoms with Gasteiger partial charge in [-0.25, -0.2) is 21.6 Å². The molecule has 0 unspecified atom stereocenters. The highest BCUT2D eigenvalue weighted by Crippen LogP contribution is 2.18. The molecule has 0 aliphatic carbocycles. The largest absolute Gasteiger partial charge is 0.282 e. The maximum atomic E-state index is 12.7. The first kappa shape index (κ1) is 13.3. The van der Waals surface area contributed by atoms with Crippen LogP contribution >= 0.6 is 0 Å². The summed E-state index contributed by atoms with van der Waals surface area (Å²) in [4.78, 5) is 0. The second-order valence-corrected chi connectivity index (χ2v) is 4.84. The average Bonchev–Trinajstić information content (AvgIpc) is 2.18. The minimum atomic E-state index is -4.25. The van der Waals surface area contributed by atoms with Crippen LogP contribution in [0.25, 0.3) is 0 Å². The van der Waals surface area contributed by atoms with Crippen molar-refractivity contribution in [1.82, 2.24) is 0 Å². The molecule has 4 nitrogen and oxygen atoms in total. The van der Waals surface area contributed by atoms with Crippen molar-refractivity contribution in [3.05, 3.63) is 29.6 Å². The normalized spacial score (nSPS) is 11.2. The summed E-state index contributed by atoms with van der Waals surface area (Å²) in [5, 5.41) is 8.62. The number of anilines is 1. The average molecular weight is 264 g/mol. The van der Waals surface area contributed by atoms with Crippen LogP contribution in [0, 0.1) is 17.1 Å². The Morgan fingerprint density at radius 3 is 2.59 bits per heavy atom. The van der Waals surface area contributed by atoms with Crippen molar-refractivity contribution in [2.45, 2.75) is 6.43 Å². The number of nitrogens with zero attached hydrogens (tertiary/aromatic N) is 1. The van der Waals surface area contributed by atoms with E-state index in [2.05, 4.69) is 0 Å². The summed E-state index contributed by atoms with van der Waals surface area (Å²) in [5.74, 6) is -2.10. The molecule has 1 aromatic rings. The highest BCUT2D eigenvalue weighted by Gasteiger charge is 2.19. The van der Waals surface area contributed by atoms with Crippen molar-refractivity contribution in [2.75, 3.05) is 10.5 Å². The minimum Gasteiger partial charge on any atom is -0.282 e. The van der Waals surface area contributed by atoms with Crippen molar-refractivity contribution in [1.29, 1.82) is 5.26 Å². The van der Waals surface area contributed by atoms with E-state index < -0.39 is 28.0 Å². The fourth-order valence-electron chi connectivity index (χ4n) is 1.07. The van der Waals surface area contributed by atoms with Crippen LogP contribution in [0.2, 0.25) is 0 Å². The molecule has 1 N–H and O–H groups in total. The third-order valence-corrected chi connectivity index (χ3v) is 2.93. The maximum Gasteiger partial charge on any atom is 0.254 e. The number of hydrogen-bond acceptors (Lipinski definition) is 3. The minimum absolute atomic E-state index is 0.227. The van der Waals surface area contributed by atoms with Crippen molar-refractivity contribution < 1.29 is 21.6 Å². The van der Waals surface area contributed by atoms with E-state index in [-0.39, 0.29) is 11.3 Å². The number of hydrogen-bond donors (Lipinski definition) is 1. The maximum absolute atomic E-state index is 12.7. The Bertz CT molecular complexity index is 552. The van der Waals surface area contributed by atoms with E-state index in [1.807, 2.05) is 0 Å². The molecule has 0 radical (unpaired) electrons. The molecule has 0 bridgehead atoms. The fraction of sp³-hybridized carbons (Fsp3) is 0.222. The van der Waals surface area contributed by atoms with Crippen LogP contribution < -0.4 is 4.72 Å². The standard InChI is InChI=1S/C9H7F3N2O2S/c10-7-1-2-8(6(3-7)4-13)14-17(15,16)5-9(11)12/h1-3,9,14H,5H2. The quantitative estimate of drug-likeness (QED) is 0.899. The lowest BCUT2D eigenvalue weighted by Gasteiger charge is -2.08. The summed E-state index contributed by atoms with van der Waals surface area (Å²) < 4.78 is 60.7. The van der Waals surface area contributed by atoms with Gasteiger partial charge in [0.25, 0.3) is 6.43 Å². The summed E-state index contributed by atoms with van der Waals surface area (Å²) in [5.41, 5.74) is -0.502. The van der Waals surface area contributed by atoms with Crippen molar-refractivity contribution in [3.8, 4) is 6.07 Å². The Balaban J connectivity index is 3.01. The Hall–Kier alpha value is -1.75. The van der Waals surface area contributed by atoms with Crippen LogP contribution in [0.15, 0.2) is 18.2 Å². The number of rotatable bonds is 4. The lowest BCUT2D eigenvalue weighted by Crippen LogP contribution is -2.21. The number of sulfonamides is 1. The number of benzene rings is 1. The number of nitriles is 1. The molecule has 0 aromatic heterocycles. The van der Waals surface area contributed by atoms with E-state index in [1.165, 1.54) is 0 Å². The van der Waals surface area contributed by atoms with Gasteiger partial charge in [0.2, 0.25) is 10.0 Å². The van der Waals surface area contributed by atoms with Crippen molar-refractivity contribution in [2.24, 2.45) is 0 Å². The van der Waals surface area contributed by atoms with E-state index in [0.717, 1.165) is 18.2 Å². The first-order valence-electron chi connectivity index (χ1n) is 4.32. The topological polar surface area (TPSA) is 70.0 Å². The van der Waals surface area contributed by atoms with E-state index in [9.17, 15) is 21.6 Å². The molecule has 0 heterocycles. The highest BCUT2D eigenvalue weighted by molar-refractivity contribution is 7.92. The molecule has 1 rings (SSSR count). The van der Waals surface area contributed by atoms with Gasteiger partial charge in [-0.3, -0.25) is 4.72 Å². The molecular formula is C9H7F3N2O2S. The third-order valence-electron chi connectivity index (χ3n) is 1.71. The van der Waals surface area contributed by atoms with E-state index >= 15 is 0 Å². The first-order valence-corrected chi connectivity index (χ1v) is 5.97. The SMILES string of the molecule is N#Cc1cc(F)ccc1NS(=O)(=O)CC(F)F. The zero-order valence-corrected chi connectivity index (χ0v) is 9.14. The van der Waals surface area contributed by atoms with Gasteiger partial charge in [-0.1, -0.05) is 0 Å². The molecule has 0 spiro atoms. The monoisotopic (exact) mass is 264 g/mol. The summed E-state index contributed by atoms with van der Waals surface area (Å²) >= 11 is 0. The molecule has 0 fully saturated rings. The Morgan fingerprint density at radius 2 is 2.06 bits per heavy atom. The van der Waals surface area contributed by atoms with Crippen LogP contribution in [0.3, 0.4) is 0 Å². The Kier molecular flexibility index (Phi) is 3.96. The van der Waals surface area contributed by atoms with Crippen LogP contribution in [0.5, 0.6) is 0 Å². The Morgan fingerprint density at radius 1 is 1.41 bits per heavy atom. The van der Waals surface area contributed by atoms with Gasteiger partial charge >= 0.3 is 0 Å². The van der Waals surface area contributed by atoms with E-state index in [1.54, 1.807) is 10.8 Å². The van der Waals surface area contributed by atoms with Gasteiger partial charge in [0.05, 0.1) is 11.3 Å². The molecule has 0 atom stereocenters. The van der Waals surface area contributed by atoms with Gasteiger partial charge in [0.1, 0.15) is 17.6 Å². The molecule has 0 aliphatic heterocycles. The summed E-state index contributed by atoms with van der Waals surface area (Å²) in [7, 11) is -4.25. The van der Waals surface area contributed by atoms with Crippen molar-refractivity contribution >= 4 is 15.7 Å². The van der Waals surface area contributed by atoms with E-state index in [0.29, 0.717) is 0 Å². The van der Waals surface area contributed by atoms with Gasteiger partial charge < -0.3 is 0 Å². The zero-order chi connectivity index (χ0) is 13.1. The van der Waals surface area contributed by atoms with Gasteiger partial charge in [0, 0.05) is 0 Å². The molecule has 0 saturated heterocycles. The predicted molar refractivity (Wildman–Crippen MR) is 54.5 cm³/mol. The van der Waals surface area contributed by atoms with Crippen LogP contribution in [-0.4, -0.2) is 20.6 Å². The Labute approximate surface area is 95.7 Å². The molecule has 17 heavy (non-hydrogen) atoms. The van der Waals surface area contributed by atoms with Crippen LogP contribution in [0.4, 0.5) is 18.9 Å². The van der Waals surface area contributed by atoms with Crippen molar-refractivity contribution in [3.63, 3.8) is 0 Å². The molecule has 0 saturated carbocycles.